The molecular formula is C22H24BrNO3. The predicted molar refractivity (Wildman–Crippen MR) is 109 cm³/mol. The van der Waals surface area contributed by atoms with Crippen molar-refractivity contribution >= 4 is 27.9 Å². The molecule has 2 atom stereocenters. The van der Waals surface area contributed by atoms with E-state index in [1.807, 2.05) is 61.5 Å². The van der Waals surface area contributed by atoms with E-state index in [0.29, 0.717) is 6.54 Å². The molecule has 27 heavy (non-hydrogen) atoms. The fraction of sp³-hybridized carbons (Fsp3) is 0.364. The van der Waals surface area contributed by atoms with Crippen LogP contribution in [0, 0.1) is 0 Å². The number of hydrogen-bond donors (Lipinski definition) is 0. The molecular weight excluding hydrogens is 406 g/mol. The second-order valence-electron chi connectivity index (χ2n) is 8.07. The number of carbonyl (C=O) groups excluding carboxylic acids is 2. The Bertz CT molecular complexity index is 842. The highest BCUT2D eigenvalue weighted by Crippen LogP contribution is 2.46. The zero-order valence-electron chi connectivity index (χ0n) is 16.0. The lowest BCUT2D eigenvalue weighted by Crippen LogP contribution is -2.42. The van der Waals surface area contributed by atoms with E-state index >= 15 is 0 Å². The maximum Gasteiger partial charge on any atom is 0.417 e. The van der Waals surface area contributed by atoms with Crippen LogP contribution in [0.1, 0.15) is 44.7 Å². The zero-order chi connectivity index (χ0) is 19.8. The van der Waals surface area contributed by atoms with Crippen LogP contribution in [0.4, 0.5) is 4.79 Å². The van der Waals surface area contributed by atoms with Crippen molar-refractivity contribution in [2.75, 3.05) is 6.54 Å². The summed E-state index contributed by atoms with van der Waals surface area (Å²) in [4.78, 5) is 27.4. The van der Waals surface area contributed by atoms with Crippen molar-refractivity contribution in [3.63, 3.8) is 0 Å². The lowest BCUT2D eigenvalue weighted by atomic mass is 9.71. The van der Waals surface area contributed by atoms with Gasteiger partial charge in [0.15, 0.2) is 0 Å². The molecule has 0 bridgehead atoms. The van der Waals surface area contributed by atoms with Gasteiger partial charge in [-0.2, -0.15) is 0 Å². The maximum absolute atomic E-state index is 13.4. The summed E-state index contributed by atoms with van der Waals surface area (Å²) in [6.45, 7) is 7.61. The third-order valence-corrected chi connectivity index (χ3v) is 5.54. The quantitative estimate of drug-likeness (QED) is 0.653. The van der Waals surface area contributed by atoms with Gasteiger partial charge in [0, 0.05) is 16.9 Å². The van der Waals surface area contributed by atoms with Crippen LogP contribution in [-0.2, 0) is 14.9 Å². The Kier molecular flexibility index (Phi) is 5.17. The Morgan fingerprint density at radius 2 is 1.70 bits per heavy atom. The molecule has 0 saturated carbocycles. The maximum atomic E-state index is 13.4. The number of halogens is 1. The van der Waals surface area contributed by atoms with Gasteiger partial charge in [0.05, 0.1) is 5.41 Å². The summed E-state index contributed by atoms with van der Waals surface area (Å²) >= 11 is 3.46. The van der Waals surface area contributed by atoms with Crippen LogP contribution >= 0.6 is 15.9 Å². The summed E-state index contributed by atoms with van der Waals surface area (Å²) in [5, 5.41) is 0. The van der Waals surface area contributed by atoms with E-state index in [0.717, 1.165) is 15.6 Å². The number of imide groups is 1. The first kappa shape index (κ1) is 19.6. The highest BCUT2D eigenvalue weighted by molar-refractivity contribution is 9.10. The summed E-state index contributed by atoms with van der Waals surface area (Å²) in [7, 11) is 0. The number of rotatable bonds is 2. The number of benzene rings is 2. The van der Waals surface area contributed by atoms with Crippen molar-refractivity contribution in [1.29, 1.82) is 0 Å². The van der Waals surface area contributed by atoms with Crippen molar-refractivity contribution < 1.29 is 14.3 Å². The van der Waals surface area contributed by atoms with Gasteiger partial charge in [0.2, 0.25) is 5.91 Å². The molecule has 1 saturated heterocycles. The molecule has 1 fully saturated rings. The summed E-state index contributed by atoms with van der Waals surface area (Å²) < 4.78 is 6.46. The van der Waals surface area contributed by atoms with E-state index in [-0.39, 0.29) is 11.8 Å². The minimum absolute atomic E-state index is 0.159. The first-order valence-corrected chi connectivity index (χ1v) is 9.78. The molecule has 0 spiro atoms. The molecule has 2 unspecified atom stereocenters. The molecule has 2 amide bonds. The highest BCUT2D eigenvalue weighted by Gasteiger charge is 2.54. The molecule has 4 nitrogen and oxygen atoms in total. The van der Waals surface area contributed by atoms with E-state index in [1.54, 1.807) is 20.8 Å². The first-order chi connectivity index (χ1) is 12.6. The van der Waals surface area contributed by atoms with E-state index in [2.05, 4.69) is 15.9 Å². The number of hydrogen-bond acceptors (Lipinski definition) is 3. The second kappa shape index (κ2) is 7.12. The smallest absolute Gasteiger partial charge is 0.417 e. The normalized spacial score (nSPS) is 22.8. The minimum Gasteiger partial charge on any atom is -0.443 e. The van der Waals surface area contributed by atoms with Gasteiger partial charge in [-0.3, -0.25) is 4.79 Å². The van der Waals surface area contributed by atoms with Gasteiger partial charge >= 0.3 is 6.09 Å². The topological polar surface area (TPSA) is 46.6 Å². The van der Waals surface area contributed by atoms with Gasteiger partial charge < -0.3 is 4.74 Å². The Morgan fingerprint density at radius 3 is 2.26 bits per heavy atom. The second-order valence-corrected chi connectivity index (χ2v) is 8.98. The summed E-state index contributed by atoms with van der Waals surface area (Å²) in [5.41, 5.74) is 0.417. The Balaban J connectivity index is 2.05. The summed E-state index contributed by atoms with van der Waals surface area (Å²) in [6.07, 6.45) is -0.589. The molecule has 2 aromatic rings. The van der Waals surface area contributed by atoms with Crippen molar-refractivity contribution in [1.82, 2.24) is 4.90 Å². The van der Waals surface area contributed by atoms with Gasteiger partial charge in [-0.15, -0.1) is 0 Å². The Morgan fingerprint density at radius 1 is 1.11 bits per heavy atom. The van der Waals surface area contributed by atoms with Crippen LogP contribution in [0.5, 0.6) is 0 Å². The fourth-order valence-electron chi connectivity index (χ4n) is 3.59. The largest absolute Gasteiger partial charge is 0.443 e. The molecule has 0 radical (unpaired) electrons. The minimum atomic E-state index is -0.841. The van der Waals surface area contributed by atoms with Crippen LogP contribution in [0.15, 0.2) is 59.1 Å². The van der Waals surface area contributed by atoms with E-state index in [9.17, 15) is 9.59 Å². The van der Waals surface area contributed by atoms with Crippen LogP contribution < -0.4 is 0 Å². The van der Waals surface area contributed by atoms with Crippen molar-refractivity contribution in [3.05, 3.63) is 70.2 Å². The third kappa shape index (κ3) is 3.79. The third-order valence-electron chi connectivity index (χ3n) is 5.01. The molecule has 0 aromatic heterocycles. The lowest BCUT2D eigenvalue weighted by Gasteiger charge is -2.29. The Labute approximate surface area is 168 Å². The van der Waals surface area contributed by atoms with Crippen LogP contribution in [0.2, 0.25) is 0 Å². The van der Waals surface area contributed by atoms with E-state index in [1.165, 1.54) is 4.90 Å². The number of ether oxygens (including phenoxy) is 1. The standard InChI is InChI=1S/C22H24BrNO3/c1-21(2,3)27-20(26)24-14-18(15-10-12-17(23)13-11-15)22(4,19(24)25)16-8-6-5-7-9-16/h5-13,18H,14H2,1-4H3. The molecule has 3 rings (SSSR count). The van der Waals surface area contributed by atoms with Crippen LogP contribution in [0.25, 0.3) is 0 Å². The van der Waals surface area contributed by atoms with Crippen molar-refractivity contribution in [2.24, 2.45) is 0 Å². The molecule has 142 valence electrons. The SMILES string of the molecule is CC(C)(C)OC(=O)N1CC(c2ccc(Br)cc2)C(C)(c2ccccc2)C1=O. The molecule has 2 aromatic carbocycles. The average Bonchev–Trinajstić information content (AvgIpc) is 2.88. The Hall–Kier alpha value is -2.14. The predicted octanol–water partition coefficient (Wildman–Crippen LogP) is 5.27. The van der Waals surface area contributed by atoms with Crippen LogP contribution in [-0.4, -0.2) is 29.0 Å². The highest BCUT2D eigenvalue weighted by atomic mass is 79.9. The number of likely N-dealkylation sites (tertiary alicyclic amines) is 1. The first-order valence-electron chi connectivity index (χ1n) is 8.99. The van der Waals surface area contributed by atoms with Gasteiger partial charge in [0.1, 0.15) is 5.60 Å². The van der Waals surface area contributed by atoms with Gasteiger partial charge in [-0.1, -0.05) is 58.4 Å². The summed E-state index contributed by atoms with van der Waals surface area (Å²) in [5.74, 6) is -0.385. The van der Waals surface area contributed by atoms with E-state index < -0.39 is 17.1 Å². The molecule has 1 aliphatic rings. The van der Waals surface area contributed by atoms with Gasteiger partial charge in [0.25, 0.3) is 0 Å². The lowest BCUT2D eigenvalue weighted by molar-refractivity contribution is -0.131. The number of carbonyl (C=O) groups is 2. The molecule has 0 aliphatic carbocycles. The van der Waals surface area contributed by atoms with E-state index in [4.69, 9.17) is 4.74 Å². The number of nitrogens with zero attached hydrogens (tertiary/aromatic N) is 1. The monoisotopic (exact) mass is 429 g/mol. The van der Waals surface area contributed by atoms with Gasteiger partial charge in [-0.05, 0) is 51.0 Å². The molecule has 0 N–H and O–H groups in total. The fourth-order valence-corrected chi connectivity index (χ4v) is 3.86. The zero-order valence-corrected chi connectivity index (χ0v) is 17.6. The van der Waals surface area contributed by atoms with Crippen LogP contribution in [0.3, 0.4) is 0 Å². The van der Waals surface area contributed by atoms with Crippen molar-refractivity contribution in [3.8, 4) is 0 Å². The molecule has 1 heterocycles. The number of amides is 2. The average molecular weight is 430 g/mol. The van der Waals surface area contributed by atoms with Crippen molar-refractivity contribution in [2.45, 2.75) is 44.6 Å². The summed E-state index contributed by atoms with van der Waals surface area (Å²) in [6, 6.07) is 17.6. The molecule has 5 heteroatoms. The molecule has 1 aliphatic heterocycles. The van der Waals surface area contributed by atoms with Gasteiger partial charge in [-0.25, -0.2) is 9.69 Å².